The van der Waals surface area contributed by atoms with E-state index >= 15 is 0 Å². The van der Waals surface area contributed by atoms with Crippen molar-refractivity contribution in [1.29, 1.82) is 0 Å². The molecule has 0 spiro atoms. The third-order valence-corrected chi connectivity index (χ3v) is 4.34. The summed E-state index contributed by atoms with van der Waals surface area (Å²) in [7, 11) is 0. The SMILES string of the molecule is CC(=O)Nc1ccc(NC(=O)CSc2nnc(-c3ccc(C)cc3)o2)cc1. The third-order valence-electron chi connectivity index (χ3n) is 3.52. The average molecular weight is 382 g/mol. The standard InChI is InChI=1S/C19H18N4O3S/c1-12-3-5-14(6-4-12)18-22-23-19(26-18)27-11-17(25)21-16-9-7-15(8-10-16)20-13(2)24/h3-10H,11H2,1-2H3,(H,20,24)(H,21,25). The van der Waals surface area contributed by atoms with Gasteiger partial charge in [-0.2, -0.15) is 0 Å². The van der Waals surface area contributed by atoms with Gasteiger partial charge in [0.15, 0.2) is 0 Å². The molecule has 0 unspecified atom stereocenters. The molecular weight excluding hydrogens is 364 g/mol. The van der Waals surface area contributed by atoms with Crippen LogP contribution in [0.4, 0.5) is 11.4 Å². The lowest BCUT2D eigenvalue weighted by Gasteiger charge is -2.06. The smallest absolute Gasteiger partial charge is 0.277 e. The van der Waals surface area contributed by atoms with Gasteiger partial charge in [-0.05, 0) is 43.3 Å². The van der Waals surface area contributed by atoms with Crippen LogP contribution in [0.15, 0.2) is 58.2 Å². The average Bonchev–Trinajstić information content (AvgIpc) is 3.11. The van der Waals surface area contributed by atoms with Gasteiger partial charge in [0.25, 0.3) is 5.22 Å². The van der Waals surface area contributed by atoms with Crippen LogP contribution >= 0.6 is 11.8 Å². The van der Waals surface area contributed by atoms with Crippen LogP contribution in [0.1, 0.15) is 12.5 Å². The molecule has 0 atom stereocenters. The molecule has 8 heteroatoms. The van der Waals surface area contributed by atoms with Crippen molar-refractivity contribution in [2.24, 2.45) is 0 Å². The lowest BCUT2D eigenvalue weighted by atomic mass is 10.1. The van der Waals surface area contributed by atoms with E-state index in [2.05, 4.69) is 20.8 Å². The fraction of sp³-hybridized carbons (Fsp3) is 0.158. The largest absolute Gasteiger partial charge is 0.411 e. The first-order chi connectivity index (χ1) is 13.0. The van der Waals surface area contributed by atoms with Crippen molar-refractivity contribution >= 4 is 35.0 Å². The quantitative estimate of drug-likeness (QED) is 0.631. The minimum Gasteiger partial charge on any atom is -0.411 e. The summed E-state index contributed by atoms with van der Waals surface area (Å²) in [5.74, 6) is 0.227. The highest BCUT2D eigenvalue weighted by Gasteiger charge is 2.11. The topological polar surface area (TPSA) is 97.1 Å². The molecule has 0 saturated heterocycles. The highest BCUT2D eigenvalue weighted by atomic mass is 32.2. The van der Waals surface area contributed by atoms with Crippen molar-refractivity contribution in [2.75, 3.05) is 16.4 Å². The van der Waals surface area contributed by atoms with Gasteiger partial charge in [-0.25, -0.2) is 0 Å². The molecule has 0 bridgehead atoms. The Morgan fingerprint density at radius 3 is 2.22 bits per heavy atom. The molecule has 3 aromatic rings. The van der Waals surface area contributed by atoms with E-state index < -0.39 is 0 Å². The first-order valence-corrected chi connectivity index (χ1v) is 9.19. The number of hydrogen-bond acceptors (Lipinski definition) is 6. The first-order valence-electron chi connectivity index (χ1n) is 8.20. The number of aromatic nitrogens is 2. The number of aryl methyl sites for hydroxylation is 1. The summed E-state index contributed by atoms with van der Waals surface area (Å²) >= 11 is 1.17. The number of anilines is 2. The summed E-state index contributed by atoms with van der Waals surface area (Å²) in [6.45, 7) is 3.44. The molecule has 0 radical (unpaired) electrons. The van der Waals surface area contributed by atoms with Gasteiger partial charge >= 0.3 is 0 Å². The van der Waals surface area contributed by atoms with E-state index in [9.17, 15) is 9.59 Å². The molecule has 0 fully saturated rings. The number of rotatable bonds is 6. The van der Waals surface area contributed by atoms with Crippen LogP contribution < -0.4 is 10.6 Å². The molecule has 27 heavy (non-hydrogen) atoms. The second kappa shape index (κ2) is 8.50. The van der Waals surface area contributed by atoms with Crippen LogP contribution in [0.25, 0.3) is 11.5 Å². The van der Waals surface area contributed by atoms with Gasteiger partial charge in [-0.15, -0.1) is 10.2 Å². The Hall–Kier alpha value is -3.13. The lowest BCUT2D eigenvalue weighted by molar-refractivity contribution is -0.114. The number of nitrogens with one attached hydrogen (secondary N) is 2. The van der Waals surface area contributed by atoms with Crippen LogP contribution in [0.2, 0.25) is 0 Å². The zero-order valence-electron chi connectivity index (χ0n) is 14.9. The molecular formula is C19H18N4O3S. The van der Waals surface area contributed by atoms with Gasteiger partial charge in [-0.3, -0.25) is 9.59 Å². The van der Waals surface area contributed by atoms with Gasteiger partial charge in [0.1, 0.15) is 0 Å². The molecule has 2 amide bonds. The third kappa shape index (κ3) is 5.42. The molecule has 0 aliphatic carbocycles. The second-order valence-electron chi connectivity index (χ2n) is 5.83. The molecule has 2 aromatic carbocycles. The summed E-state index contributed by atoms with van der Waals surface area (Å²) in [6, 6.07) is 14.6. The van der Waals surface area contributed by atoms with Crippen molar-refractivity contribution in [3.8, 4) is 11.5 Å². The van der Waals surface area contributed by atoms with Crippen molar-refractivity contribution < 1.29 is 14.0 Å². The van der Waals surface area contributed by atoms with Gasteiger partial charge in [0.05, 0.1) is 5.75 Å². The highest BCUT2D eigenvalue weighted by molar-refractivity contribution is 7.99. The normalized spacial score (nSPS) is 10.4. The zero-order chi connectivity index (χ0) is 19.2. The predicted molar refractivity (Wildman–Crippen MR) is 105 cm³/mol. The zero-order valence-corrected chi connectivity index (χ0v) is 15.7. The Labute approximate surface area is 160 Å². The second-order valence-corrected chi connectivity index (χ2v) is 6.76. The van der Waals surface area contributed by atoms with Crippen LogP contribution in [-0.4, -0.2) is 27.8 Å². The maximum Gasteiger partial charge on any atom is 0.277 e. The van der Waals surface area contributed by atoms with E-state index in [0.29, 0.717) is 22.5 Å². The van der Waals surface area contributed by atoms with E-state index in [-0.39, 0.29) is 17.6 Å². The maximum atomic E-state index is 12.1. The Bertz CT molecular complexity index is 936. The molecule has 1 aromatic heterocycles. The van der Waals surface area contributed by atoms with Crippen molar-refractivity contribution in [3.05, 3.63) is 54.1 Å². The molecule has 1 heterocycles. The Kier molecular flexibility index (Phi) is 5.87. The van der Waals surface area contributed by atoms with Gasteiger partial charge < -0.3 is 15.1 Å². The van der Waals surface area contributed by atoms with E-state index in [1.807, 2.05) is 31.2 Å². The number of nitrogens with zero attached hydrogens (tertiary/aromatic N) is 2. The molecule has 0 aliphatic rings. The fourth-order valence-corrected chi connectivity index (χ4v) is 2.81. The van der Waals surface area contributed by atoms with Gasteiger partial charge in [0, 0.05) is 23.9 Å². The predicted octanol–water partition coefficient (Wildman–Crippen LogP) is 3.73. The minimum atomic E-state index is -0.192. The summed E-state index contributed by atoms with van der Waals surface area (Å²) in [5, 5.41) is 13.7. The Morgan fingerprint density at radius 2 is 1.59 bits per heavy atom. The number of thioether (sulfide) groups is 1. The Balaban J connectivity index is 1.52. The monoisotopic (exact) mass is 382 g/mol. The fourth-order valence-electron chi connectivity index (χ4n) is 2.25. The van der Waals surface area contributed by atoms with E-state index in [4.69, 9.17) is 4.42 Å². The van der Waals surface area contributed by atoms with Crippen LogP contribution in [0, 0.1) is 6.92 Å². The summed E-state index contributed by atoms with van der Waals surface area (Å²) < 4.78 is 5.58. The molecule has 138 valence electrons. The number of carbonyl (C=O) groups excluding carboxylic acids is 2. The highest BCUT2D eigenvalue weighted by Crippen LogP contribution is 2.23. The van der Waals surface area contributed by atoms with Gasteiger partial charge in [-0.1, -0.05) is 29.5 Å². The van der Waals surface area contributed by atoms with E-state index in [1.165, 1.54) is 18.7 Å². The molecule has 0 saturated carbocycles. The lowest BCUT2D eigenvalue weighted by Crippen LogP contribution is -2.14. The minimum absolute atomic E-state index is 0.142. The summed E-state index contributed by atoms with van der Waals surface area (Å²) in [4.78, 5) is 23.1. The molecule has 0 aliphatic heterocycles. The van der Waals surface area contributed by atoms with E-state index in [1.54, 1.807) is 24.3 Å². The van der Waals surface area contributed by atoms with Gasteiger partial charge in [0.2, 0.25) is 17.7 Å². The van der Waals surface area contributed by atoms with Crippen molar-refractivity contribution in [3.63, 3.8) is 0 Å². The van der Waals surface area contributed by atoms with E-state index in [0.717, 1.165) is 11.1 Å². The molecule has 7 nitrogen and oxygen atoms in total. The molecule has 3 rings (SSSR count). The Morgan fingerprint density at radius 1 is 0.963 bits per heavy atom. The number of benzene rings is 2. The molecule has 2 N–H and O–H groups in total. The van der Waals surface area contributed by atoms with Crippen molar-refractivity contribution in [2.45, 2.75) is 19.1 Å². The van der Waals surface area contributed by atoms with Crippen LogP contribution in [0.5, 0.6) is 0 Å². The van der Waals surface area contributed by atoms with Crippen molar-refractivity contribution in [1.82, 2.24) is 10.2 Å². The first kappa shape index (κ1) is 18.7. The summed E-state index contributed by atoms with van der Waals surface area (Å²) in [6.07, 6.45) is 0. The number of carbonyl (C=O) groups is 2. The number of amides is 2. The maximum absolute atomic E-state index is 12.1. The summed E-state index contributed by atoms with van der Waals surface area (Å²) in [5.41, 5.74) is 3.29. The van der Waals surface area contributed by atoms with Crippen LogP contribution in [-0.2, 0) is 9.59 Å². The number of hydrogen-bond donors (Lipinski definition) is 2. The van der Waals surface area contributed by atoms with Crippen LogP contribution in [0.3, 0.4) is 0 Å².